The molecule has 2 heterocycles. The van der Waals surface area contributed by atoms with Gasteiger partial charge in [0.15, 0.2) is 11.5 Å². The minimum atomic E-state index is -0.271. The molecule has 0 saturated heterocycles. The van der Waals surface area contributed by atoms with Crippen LogP contribution in [0.1, 0.15) is 16.1 Å². The van der Waals surface area contributed by atoms with Gasteiger partial charge >= 0.3 is 0 Å². The van der Waals surface area contributed by atoms with Crippen LogP contribution in [-0.4, -0.2) is 36.7 Å². The first kappa shape index (κ1) is 17.0. The Morgan fingerprint density at radius 2 is 1.70 bits per heavy atom. The number of amides is 1. The summed E-state index contributed by atoms with van der Waals surface area (Å²) in [6.45, 7) is 0.892. The van der Waals surface area contributed by atoms with Gasteiger partial charge in [0.25, 0.3) is 5.91 Å². The van der Waals surface area contributed by atoms with Crippen LogP contribution in [0.4, 0.5) is 22.9 Å². The van der Waals surface area contributed by atoms with E-state index in [0.29, 0.717) is 5.82 Å². The van der Waals surface area contributed by atoms with Gasteiger partial charge in [0, 0.05) is 26.3 Å². The number of nitrogens with one attached hydrogen (secondary N) is 1. The summed E-state index contributed by atoms with van der Waals surface area (Å²) in [7, 11) is 3.77. The molecule has 0 radical (unpaired) electrons. The van der Waals surface area contributed by atoms with Gasteiger partial charge in [-0.05, 0) is 42.3 Å². The van der Waals surface area contributed by atoms with Crippen molar-refractivity contribution in [2.45, 2.75) is 6.42 Å². The molecule has 1 aromatic heterocycles. The normalized spacial score (nSPS) is 12.6. The molecule has 1 N–H and O–H groups in total. The smallest absolute Gasteiger partial charge is 0.276 e. The summed E-state index contributed by atoms with van der Waals surface area (Å²) >= 11 is 0. The van der Waals surface area contributed by atoms with Crippen molar-refractivity contribution in [3.05, 3.63) is 71.9 Å². The Hall–Kier alpha value is -3.41. The number of hydrogen-bond donors (Lipinski definition) is 1. The third-order valence-electron chi connectivity index (χ3n) is 4.67. The van der Waals surface area contributed by atoms with Gasteiger partial charge < -0.3 is 15.1 Å². The van der Waals surface area contributed by atoms with E-state index >= 15 is 0 Å². The van der Waals surface area contributed by atoms with E-state index in [4.69, 9.17) is 0 Å². The fraction of sp³-hybridized carbons (Fsp3) is 0.190. The predicted molar refractivity (Wildman–Crippen MR) is 108 cm³/mol. The highest BCUT2D eigenvalue weighted by Gasteiger charge is 2.22. The van der Waals surface area contributed by atoms with Crippen LogP contribution in [0.15, 0.2) is 60.7 Å². The number of fused-ring (bicyclic) bond motifs is 1. The van der Waals surface area contributed by atoms with E-state index < -0.39 is 0 Å². The van der Waals surface area contributed by atoms with Crippen LogP contribution in [-0.2, 0) is 6.42 Å². The van der Waals surface area contributed by atoms with E-state index in [1.54, 1.807) is 12.1 Å². The number of carbonyl (C=O) groups excluding carboxylic acids is 1. The molecule has 0 bridgehead atoms. The number of rotatable bonds is 4. The summed E-state index contributed by atoms with van der Waals surface area (Å²) in [5, 5.41) is 11.1. The van der Waals surface area contributed by atoms with Crippen molar-refractivity contribution in [1.29, 1.82) is 0 Å². The average molecular weight is 359 g/mol. The first-order valence-electron chi connectivity index (χ1n) is 8.90. The molecule has 0 unspecified atom stereocenters. The maximum atomic E-state index is 12.7. The average Bonchev–Trinajstić information content (AvgIpc) is 3.12. The zero-order chi connectivity index (χ0) is 18.8. The first-order valence-corrected chi connectivity index (χ1v) is 8.90. The van der Waals surface area contributed by atoms with Gasteiger partial charge in [-0.15, -0.1) is 10.2 Å². The van der Waals surface area contributed by atoms with Crippen LogP contribution in [0.3, 0.4) is 0 Å². The zero-order valence-electron chi connectivity index (χ0n) is 15.4. The molecule has 136 valence electrons. The summed E-state index contributed by atoms with van der Waals surface area (Å²) < 4.78 is 0. The Bertz CT molecular complexity index is 968. The molecule has 1 amide bonds. The van der Waals surface area contributed by atoms with E-state index in [9.17, 15) is 4.79 Å². The van der Waals surface area contributed by atoms with E-state index in [1.807, 2.05) is 49.3 Å². The van der Waals surface area contributed by atoms with Crippen LogP contribution in [0.2, 0.25) is 0 Å². The number of anilines is 4. The van der Waals surface area contributed by atoms with Gasteiger partial charge in [-0.3, -0.25) is 4.79 Å². The molecule has 3 aromatic rings. The van der Waals surface area contributed by atoms with E-state index in [2.05, 4.69) is 38.6 Å². The standard InChI is InChI=1S/C21H21N5O/c1-25(2)20-12-11-17(23-24-20)21(27)22-16-8-4-6-10-19(16)26-14-13-15-7-3-5-9-18(15)26/h3-12H,13-14H2,1-2H3,(H,22,27). The largest absolute Gasteiger partial charge is 0.361 e. The molecule has 1 aliphatic rings. The molecule has 0 spiro atoms. The highest BCUT2D eigenvalue weighted by atomic mass is 16.1. The van der Waals surface area contributed by atoms with Crippen LogP contribution >= 0.6 is 0 Å². The molecular formula is C21H21N5O. The molecule has 6 heteroatoms. The highest BCUT2D eigenvalue weighted by molar-refractivity contribution is 6.05. The Balaban J connectivity index is 1.60. The number of carbonyl (C=O) groups is 1. The van der Waals surface area contributed by atoms with E-state index in [0.717, 1.165) is 24.3 Å². The maximum absolute atomic E-state index is 12.7. The maximum Gasteiger partial charge on any atom is 0.276 e. The first-order chi connectivity index (χ1) is 13.1. The van der Waals surface area contributed by atoms with Gasteiger partial charge in [0.05, 0.1) is 11.4 Å². The lowest BCUT2D eigenvalue weighted by Crippen LogP contribution is -2.20. The number of benzene rings is 2. The van der Waals surface area contributed by atoms with Crippen LogP contribution in [0.25, 0.3) is 0 Å². The number of nitrogens with zero attached hydrogens (tertiary/aromatic N) is 4. The lowest BCUT2D eigenvalue weighted by Gasteiger charge is -2.23. The molecule has 4 rings (SSSR count). The molecule has 1 aliphatic heterocycles. The summed E-state index contributed by atoms with van der Waals surface area (Å²) in [6.07, 6.45) is 0.996. The number of para-hydroxylation sites is 3. The molecule has 6 nitrogen and oxygen atoms in total. The summed E-state index contributed by atoms with van der Waals surface area (Å²) in [5.74, 6) is 0.438. The van der Waals surface area contributed by atoms with Gasteiger partial charge in [-0.1, -0.05) is 30.3 Å². The second kappa shape index (κ2) is 7.07. The van der Waals surface area contributed by atoms with Crippen molar-refractivity contribution >= 4 is 28.8 Å². The van der Waals surface area contributed by atoms with Crippen molar-refractivity contribution in [1.82, 2.24) is 10.2 Å². The minimum Gasteiger partial charge on any atom is -0.361 e. The summed E-state index contributed by atoms with van der Waals surface area (Å²) in [4.78, 5) is 16.7. The van der Waals surface area contributed by atoms with Crippen molar-refractivity contribution in [2.24, 2.45) is 0 Å². The zero-order valence-corrected chi connectivity index (χ0v) is 15.4. The lowest BCUT2D eigenvalue weighted by molar-refractivity contribution is 0.102. The van der Waals surface area contributed by atoms with Gasteiger partial charge in [-0.2, -0.15) is 0 Å². The van der Waals surface area contributed by atoms with Crippen molar-refractivity contribution in [3.63, 3.8) is 0 Å². The Morgan fingerprint density at radius 3 is 2.44 bits per heavy atom. The third-order valence-corrected chi connectivity index (χ3v) is 4.67. The molecule has 0 fully saturated rings. The van der Waals surface area contributed by atoms with Crippen molar-refractivity contribution < 1.29 is 4.79 Å². The van der Waals surface area contributed by atoms with E-state index in [1.165, 1.54) is 11.3 Å². The summed E-state index contributed by atoms with van der Waals surface area (Å²) in [6, 6.07) is 19.7. The monoisotopic (exact) mass is 359 g/mol. The van der Waals surface area contributed by atoms with E-state index in [-0.39, 0.29) is 11.6 Å². The topological polar surface area (TPSA) is 61.4 Å². The Labute approximate surface area is 158 Å². The lowest BCUT2D eigenvalue weighted by atomic mass is 10.1. The van der Waals surface area contributed by atoms with Crippen molar-refractivity contribution in [2.75, 3.05) is 35.8 Å². The predicted octanol–water partition coefficient (Wildman–Crippen LogP) is 3.49. The number of aromatic nitrogens is 2. The second-order valence-corrected chi connectivity index (χ2v) is 6.67. The molecular weight excluding hydrogens is 338 g/mol. The molecule has 0 aliphatic carbocycles. The van der Waals surface area contributed by atoms with Gasteiger partial charge in [-0.25, -0.2) is 0 Å². The van der Waals surface area contributed by atoms with Gasteiger partial charge in [0.2, 0.25) is 0 Å². The minimum absolute atomic E-state index is 0.271. The molecule has 2 aromatic carbocycles. The molecule has 0 saturated carbocycles. The SMILES string of the molecule is CN(C)c1ccc(C(=O)Nc2ccccc2N2CCc3ccccc32)nn1. The molecule has 27 heavy (non-hydrogen) atoms. The fourth-order valence-electron chi connectivity index (χ4n) is 3.27. The van der Waals surface area contributed by atoms with Crippen LogP contribution in [0.5, 0.6) is 0 Å². The quantitative estimate of drug-likeness (QED) is 0.773. The fourth-order valence-corrected chi connectivity index (χ4v) is 3.27. The van der Waals surface area contributed by atoms with Crippen LogP contribution in [0, 0.1) is 0 Å². The number of hydrogen-bond acceptors (Lipinski definition) is 5. The van der Waals surface area contributed by atoms with Crippen LogP contribution < -0.4 is 15.1 Å². The highest BCUT2D eigenvalue weighted by Crippen LogP contribution is 2.38. The third kappa shape index (κ3) is 3.33. The van der Waals surface area contributed by atoms with Crippen molar-refractivity contribution in [3.8, 4) is 0 Å². The summed E-state index contributed by atoms with van der Waals surface area (Å²) in [5.41, 5.74) is 4.54. The van der Waals surface area contributed by atoms with Gasteiger partial charge in [0.1, 0.15) is 0 Å². The molecule has 0 atom stereocenters. The second-order valence-electron chi connectivity index (χ2n) is 6.67. The Morgan fingerprint density at radius 1 is 0.963 bits per heavy atom. The Kier molecular flexibility index (Phi) is 4.46.